The van der Waals surface area contributed by atoms with Crippen LogP contribution >= 0.6 is 0 Å². The Morgan fingerprint density at radius 3 is 2.45 bits per heavy atom. The van der Waals surface area contributed by atoms with Crippen LogP contribution < -0.4 is 19.8 Å². The molecule has 182 valence electrons. The minimum absolute atomic E-state index is 0.261. The van der Waals surface area contributed by atoms with E-state index in [0.717, 1.165) is 31.1 Å². The number of nitrogens with one attached hydrogen (secondary N) is 1. The Bertz CT molecular complexity index is 983. The lowest BCUT2D eigenvalue weighted by Crippen LogP contribution is -2.15. The number of pyridine rings is 1. The van der Waals surface area contributed by atoms with Gasteiger partial charge in [0.2, 0.25) is 5.75 Å². The number of aromatic nitrogens is 1. The van der Waals surface area contributed by atoms with Crippen molar-refractivity contribution in [1.82, 2.24) is 4.98 Å². The summed E-state index contributed by atoms with van der Waals surface area (Å²) in [7, 11) is 1.61. The average Bonchev–Trinajstić information content (AvgIpc) is 2.78. The summed E-state index contributed by atoms with van der Waals surface area (Å²) in [5.74, 6) is 1.44. The van der Waals surface area contributed by atoms with Crippen LogP contribution in [-0.4, -0.2) is 25.3 Å². The monoisotopic (exact) mass is 455 g/mol. The van der Waals surface area contributed by atoms with Gasteiger partial charge in [-0.2, -0.15) is 0 Å². The van der Waals surface area contributed by atoms with Crippen molar-refractivity contribution in [2.75, 3.05) is 20.3 Å². The van der Waals surface area contributed by atoms with E-state index < -0.39 is 0 Å². The number of methoxy groups -OCH3 is 1. The van der Waals surface area contributed by atoms with Gasteiger partial charge >= 0.3 is 0 Å². The molecule has 1 aromatic carbocycles. The van der Waals surface area contributed by atoms with E-state index in [2.05, 4.69) is 44.8 Å². The first-order valence-corrected chi connectivity index (χ1v) is 12.2. The predicted octanol–water partition coefficient (Wildman–Crippen LogP) is 7.35. The highest BCUT2D eigenvalue weighted by atomic mass is 16.5. The van der Waals surface area contributed by atoms with Gasteiger partial charge < -0.3 is 19.2 Å². The van der Waals surface area contributed by atoms with Gasteiger partial charge in [0, 0.05) is 11.5 Å². The summed E-state index contributed by atoms with van der Waals surface area (Å²) in [6.45, 7) is 9.44. The smallest absolute Gasteiger partial charge is 0.294 e. The molecule has 0 saturated carbocycles. The molecule has 0 bridgehead atoms. The molecule has 0 radical (unpaired) electrons. The molecule has 33 heavy (non-hydrogen) atoms. The highest BCUT2D eigenvalue weighted by Gasteiger charge is 2.16. The van der Waals surface area contributed by atoms with E-state index in [1.54, 1.807) is 7.11 Å². The van der Waals surface area contributed by atoms with E-state index in [9.17, 15) is 4.79 Å². The molecule has 0 spiro atoms. The minimum atomic E-state index is -0.277. The number of benzene rings is 1. The number of ether oxygens (including phenoxy) is 3. The number of aromatic amines is 1. The number of allylic oxidation sites excluding steroid dienone is 3. The van der Waals surface area contributed by atoms with Crippen LogP contribution in [0.3, 0.4) is 0 Å². The lowest BCUT2D eigenvalue weighted by Gasteiger charge is -2.14. The lowest BCUT2D eigenvalue weighted by molar-refractivity contribution is 0.274. The normalized spacial score (nSPS) is 11.5. The number of hydrogen-bond donors (Lipinski definition) is 1. The molecular formula is C28H41NO4. The van der Waals surface area contributed by atoms with Crippen LogP contribution in [0.4, 0.5) is 0 Å². The van der Waals surface area contributed by atoms with E-state index in [0.29, 0.717) is 30.2 Å². The molecule has 0 atom stereocenters. The second-order valence-corrected chi connectivity index (χ2v) is 8.82. The van der Waals surface area contributed by atoms with Crippen molar-refractivity contribution in [3.05, 3.63) is 51.9 Å². The fraction of sp³-hybridized carbons (Fsp3) is 0.536. The standard InChI is InChI=1S/C28H41NO4/c1-6-7-8-9-10-11-18-32-27-26(33-19-17-22(4)14-12-13-21(2)3)24-16-15-23(31-5)20-25(24)29-28(27)30/h13,15-17,20H,6-12,14,18-19H2,1-5H3,(H,29,30)/b22-17+. The number of hydrogen-bond acceptors (Lipinski definition) is 4. The van der Waals surface area contributed by atoms with E-state index in [1.165, 1.54) is 36.8 Å². The van der Waals surface area contributed by atoms with Gasteiger partial charge in [-0.15, -0.1) is 0 Å². The molecule has 0 fully saturated rings. The van der Waals surface area contributed by atoms with Crippen LogP contribution in [0, 0.1) is 0 Å². The van der Waals surface area contributed by atoms with Gasteiger partial charge in [-0.25, -0.2) is 0 Å². The van der Waals surface area contributed by atoms with Crippen molar-refractivity contribution in [1.29, 1.82) is 0 Å². The maximum Gasteiger partial charge on any atom is 0.294 e. The van der Waals surface area contributed by atoms with E-state index in [-0.39, 0.29) is 11.3 Å². The summed E-state index contributed by atoms with van der Waals surface area (Å²) in [5, 5.41) is 0.809. The zero-order valence-electron chi connectivity index (χ0n) is 21.1. The van der Waals surface area contributed by atoms with Gasteiger partial charge in [-0.1, -0.05) is 56.3 Å². The van der Waals surface area contributed by atoms with Crippen molar-refractivity contribution in [3.63, 3.8) is 0 Å². The van der Waals surface area contributed by atoms with Gasteiger partial charge in [-0.05, 0) is 58.2 Å². The summed E-state index contributed by atoms with van der Waals surface area (Å²) in [4.78, 5) is 15.8. The number of fused-ring (bicyclic) bond motifs is 1. The summed E-state index contributed by atoms with van der Waals surface area (Å²) >= 11 is 0. The van der Waals surface area contributed by atoms with Crippen LogP contribution in [0.1, 0.15) is 79.1 Å². The number of H-pyrrole nitrogens is 1. The molecule has 0 unspecified atom stereocenters. The maximum atomic E-state index is 12.8. The molecule has 2 aromatic rings. The van der Waals surface area contributed by atoms with Gasteiger partial charge in [0.25, 0.3) is 5.56 Å². The van der Waals surface area contributed by atoms with Gasteiger partial charge in [0.15, 0.2) is 5.75 Å². The quantitative estimate of drug-likeness (QED) is 0.225. The summed E-state index contributed by atoms with van der Waals surface area (Å²) < 4.78 is 17.4. The molecule has 0 aliphatic heterocycles. The third kappa shape index (κ3) is 8.99. The maximum absolute atomic E-state index is 12.8. The van der Waals surface area contributed by atoms with Gasteiger partial charge in [-0.3, -0.25) is 4.79 Å². The summed E-state index contributed by atoms with van der Waals surface area (Å²) in [5.41, 5.74) is 2.99. The highest BCUT2D eigenvalue weighted by Crippen LogP contribution is 2.33. The minimum Gasteiger partial charge on any atom is -0.497 e. The Labute approximate surface area is 198 Å². The molecule has 0 saturated heterocycles. The third-order valence-electron chi connectivity index (χ3n) is 5.63. The number of unbranched alkanes of at least 4 members (excludes halogenated alkanes) is 5. The first kappa shape index (κ1) is 26.6. The predicted molar refractivity (Wildman–Crippen MR) is 138 cm³/mol. The molecule has 0 aliphatic rings. The van der Waals surface area contributed by atoms with E-state index in [1.807, 2.05) is 18.2 Å². The van der Waals surface area contributed by atoms with Crippen LogP contribution in [0.5, 0.6) is 17.2 Å². The Balaban J connectivity index is 2.16. The first-order valence-electron chi connectivity index (χ1n) is 12.2. The van der Waals surface area contributed by atoms with Crippen molar-refractivity contribution in [2.45, 2.75) is 79.1 Å². The Morgan fingerprint density at radius 2 is 1.73 bits per heavy atom. The largest absolute Gasteiger partial charge is 0.497 e. The number of rotatable bonds is 15. The Kier molecular flexibility index (Phi) is 11.6. The molecule has 0 aliphatic carbocycles. The molecule has 2 rings (SSSR count). The topological polar surface area (TPSA) is 60.6 Å². The van der Waals surface area contributed by atoms with Gasteiger partial charge in [0.05, 0.1) is 19.2 Å². The zero-order valence-corrected chi connectivity index (χ0v) is 21.1. The van der Waals surface area contributed by atoms with E-state index >= 15 is 0 Å². The van der Waals surface area contributed by atoms with Crippen molar-refractivity contribution < 1.29 is 14.2 Å². The summed E-state index contributed by atoms with van der Waals surface area (Å²) in [6, 6.07) is 5.58. The Morgan fingerprint density at radius 1 is 0.970 bits per heavy atom. The van der Waals surface area contributed by atoms with Crippen molar-refractivity contribution in [3.8, 4) is 17.2 Å². The van der Waals surface area contributed by atoms with Crippen LogP contribution in [0.25, 0.3) is 10.9 Å². The van der Waals surface area contributed by atoms with Crippen LogP contribution in [0.15, 0.2) is 46.3 Å². The molecule has 5 heteroatoms. The lowest BCUT2D eigenvalue weighted by atomic mass is 10.1. The third-order valence-corrected chi connectivity index (χ3v) is 5.63. The molecule has 1 N–H and O–H groups in total. The molecule has 0 amide bonds. The second kappa shape index (κ2) is 14.5. The zero-order chi connectivity index (χ0) is 24.1. The fourth-order valence-electron chi connectivity index (χ4n) is 3.65. The van der Waals surface area contributed by atoms with Crippen LogP contribution in [0.2, 0.25) is 0 Å². The van der Waals surface area contributed by atoms with Crippen molar-refractivity contribution in [2.24, 2.45) is 0 Å². The first-order chi connectivity index (χ1) is 16.0. The molecule has 1 heterocycles. The molecular weight excluding hydrogens is 414 g/mol. The van der Waals surface area contributed by atoms with Crippen LogP contribution in [-0.2, 0) is 0 Å². The van der Waals surface area contributed by atoms with Crippen molar-refractivity contribution >= 4 is 10.9 Å². The molecule has 1 aromatic heterocycles. The highest BCUT2D eigenvalue weighted by molar-refractivity contribution is 5.88. The molecule has 5 nitrogen and oxygen atoms in total. The average molecular weight is 456 g/mol. The SMILES string of the molecule is CCCCCCCCOc1c(OC/C=C(\C)CCC=C(C)C)c2ccc(OC)cc2[nH]c1=O. The van der Waals surface area contributed by atoms with E-state index in [4.69, 9.17) is 14.2 Å². The van der Waals surface area contributed by atoms with Gasteiger partial charge in [0.1, 0.15) is 12.4 Å². The Hall–Kier alpha value is -2.69. The fourth-order valence-corrected chi connectivity index (χ4v) is 3.65. The second-order valence-electron chi connectivity index (χ2n) is 8.82. The summed E-state index contributed by atoms with van der Waals surface area (Å²) in [6.07, 6.45) is 13.3.